The number of nitrogens with zero attached hydrogens (tertiary/aromatic N) is 2. The zero-order chi connectivity index (χ0) is 32.1. The minimum absolute atomic E-state index is 0.0159. The topological polar surface area (TPSA) is 145 Å². The second-order valence-corrected chi connectivity index (χ2v) is 12.7. The zero-order valence-corrected chi connectivity index (χ0v) is 25.8. The molecule has 2 heterocycles. The van der Waals surface area contributed by atoms with Crippen LogP contribution in [-0.4, -0.2) is 48.3 Å². The van der Waals surface area contributed by atoms with Gasteiger partial charge in [0.1, 0.15) is 27.6 Å². The lowest BCUT2D eigenvalue weighted by molar-refractivity contribution is -0.139. The molecule has 4 rings (SSSR count). The number of hydrogen-bond donors (Lipinski definition) is 4. The number of nitrogens with two attached hydrogens (primary N) is 2. The summed E-state index contributed by atoms with van der Waals surface area (Å²) in [7, 11) is 0. The largest absolute Gasteiger partial charge is 0.490 e. The van der Waals surface area contributed by atoms with Crippen molar-refractivity contribution in [3.05, 3.63) is 52.3 Å². The maximum atomic E-state index is 14.9. The summed E-state index contributed by atoms with van der Waals surface area (Å²) in [6.07, 6.45) is 1.97. The highest BCUT2D eigenvalue weighted by Gasteiger charge is 2.42. The number of carbonyl (C=O) groups is 2. The molecule has 2 fully saturated rings. The van der Waals surface area contributed by atoms with Crippen LogP contribution in [0.3, 0.4) is 0 Å². The van der Waals surface area contributed by atoms with Crippen molar-refractivity contribution in [1.82, 2.24) is 10.3 Å². The Balaban J connectivity index is 1.66. The third-order valence-corrected chi connectivity index (χ3v) is 8.12. The number of rotatable bonds is 9. The van der Waals surface area contributed by atoms with Gasteiger partial charge in [0, 0.05) is 36.8 Å². The van der Waals surface area contributed by atoms with E-state index in [9.17, 15) is 22.8 Å². The van der Waals surface area contributed by atoms with E-state index in [1.807, 2.05) is 0 Å². The number of alkyl carbamates (subject to hydrolysis) is 1. The summed E-state index contributed by atoms with van der Waals surface area (Å²) in [5.41, 5.74) is 9.80. The lowest BCUT2D eigenvalue weighted by Crippen LogP contribution is -2.43. The molecule has 2 amide bonds. The summed E-state index contributed by atoms with van der Waals surface area (Å²) in [5.74, 6) is -1.11. The first-order chi connectivity index (χ1) is 20.8. The Kier molecular flexibility index (Phi) is 10.3. The molecular formula is C30H39F3N6O4S. The number of allylic oxidation sites excluding steroid dienone is 2. The second kappa shape index (κ2) is 13.8. The van der Waals surface area contributed by atoms with Crippen molar-refractivity contribution in [3.8, 4) is 5.75 Å². The first-order valence-electron chi connectivity index (χ1n) is 14.5. The van der Waals surface area contributed by atoms with Crippen molar-refractivity contribution in [2.45, 2.75) is 70.8 Å². The maximum absolute atomic E-state index is 14.9. The second-order valence-electron chi connectivity index (χ2n) is 11.8. The normalized spacial score (nSPS) is 18.2. The van der Waals surface area contributed by atoms with E-state index < -0.39 is 29.3 Å². The minimum atomic E-state index is -4.78. The van der Waals surface area contributed by atoms with Gasteiger partial charge in [-0.2, -0.15) is 13.2 Å². The summed E-state index contributed by atoms with van der Waals surface area (Å²) < 4.78 is 55.7. The Hall–Kier alpha value is -3.94. The van der Waals surface area contributed by atoms with E-state index in [-0.39, 0.29) is 47.9 Å². The quantitative estimate of drug-likeness (QED) is 0.251. The summed E-state index contributed by atoms with van der Waals surface area (Å²) in [6, 6.07) is 2.70. The minimum Gasteiger partial charge on any atom is -0.490 e. The smallest absolute Gasteiger partial charge is 0.422 e. The van der Waals surface area contributed by atoms with Crippen molar-refractivity contribution in [2.75, 3.05) is 29.9 Å². The number of alkyl halides is 3. The molecule has 0 bridgehead atoms. The van der Waals surface area contributed by atoms with Crippen LogP contribution in [0.1, 0.15) is 73.9 Å². The third-order valence-electron chi connectivity index (χ3n) is 7.23. The van der Waals surface area contributed by atoms with E-state index in [2.05, 4.69) is 15.6 Å². The van der Waals surface area contributed by atoms with Gasteiger partial charge in [-0.1, -0.05) is 0 Å². The van der Waals surface area contributed by atoms with E-state index in [1.54, 1.807) is 25.7 Å². The molecule has 1 aliphatic heterocycles. The van der Waals surface area contributed by atoms with Gasteiger partial charge in [-0.3, -0.25) is 4.79 Å². The fourth-order valence-corrected chi connectivity index (χ4v) is 5.82. The Bertz CT molecular complexity index is 1400. The van der Waals surface area contributed by atoms with Gasteiger partial charge in [0.2, 0.25) is 0 Å². The number of aromatic nitrogens is 1. The molecule has 1 aromatic carbocycles. The van der Waals surface area contributed by atoms with Crippen molar-refractivity contribution in [2.24, 2.45) is 17.4 Å². The van der Waals surface area contributed by atoms with Gasteiger partial charge in [0.05, 0.1) is 17.5 Å². The summed E-state index contributed by atoms with van der Waals surface area (Å²) in [4.78, 5) is 31.5. The third kappa shape index (κ3) is 8.36. The highest BCUT2D eigenvalue weighted by molar-refractivity contribution is 7.11. The van der Waals surface area contributed by atoms with E-state index >= 15 is 0 Å². The van der Waals surface area contributed by atoms with Crippen LogP contribution >= 0.6 is 11.3 Å². The van der Waals surface area contributed by atoms with Crippen molar-refractivity contribution < 1.29 is 32.2 Å². The number of benzene rings is 1. The molecular weight excluding hydrogens is 597 g/mol. The van der Waals surface area contributed by atoms with Crippen LogP contribution in [0.15, 0.2) is 36.0 Å². The number of thiazole rings is 1. The van der Waals surface area contributed by atoms with Gasteiger partial charge in [-0.15, -0.1) is 11.3 Å². The molecule has 10 nitrogen and oxygen atoms in total. The van der Waals surface area contributed by atoms with E-state index in [4.69, 9.17) is 20.9 Å². The zero-order valence-electron chi connectivity index (χ0n) is 25.0. The van der Waals surface area contributed by atoms with Gasteiger partial charge in [0.25, 0.3) is 5.91 Å². The number of hydrogen-bond acceptors (Lipinski definition) is 9. The molecule has 44 heavy (non-hydrogen) atoms. The summed E-state index contributed by atoms with van der Waals surface area (Å²) >= 11 is 1.15. The Morgan fingerprint density at radius 1 is 1.16 bits per heavy atom. The average Bonchev–Trinajstić information content (AvgIpc) is 3.42. The maximum Gasteiger partial charge on any atom is 0.422 e. The van der Waals surface area contributed by atoms with Crippen LogP contribution in [-0.2, 0) is 10.9 Å². The van der Waals surface area contributed by atoms with Crippen LogP contribution in [0.5, 0.6) is 5.75 Å². The van der Waals surface area contributed by atoms with Crippen LogP contribution in [0, 0.1) is 5.92 Å². The Labute approximate surface area is 258 Å². The molecule has 14 heteroatoms. The molecule has 1 aromatic heterocycles. The number of halogens is 3. The lowest BCUT2D eigenvalue weighted by Gasteiger charge is -2.38. The number of carbonyl (C=O) groups excluding carboxylic acids is 2. The Morgan fingerprint density at radius 2 is 1.91 bits per heavy atom. The van der Waals surface area contributed by atoms with Crippen molar-refractivity contribution >= 4 is 40.3 Å². The molecule has 240 valence electrons. The van der Waals surface area contributed by atoms with E-state index in [0.29, 0.717) is 42.8 Å². The van der Waals surface area contributed by atoms with Gasteiger partial charge < -0.3 is 36.5 Å². The lowest BCUT2D eigenvalue weighted by atomic mass is 9.95. The predicted octanol–water partition coefficient (Wildman–Crippen LogP) is 5.86. The average molecular weight is 637 g/mol. The number of nitrogens with one attached hydrogen (secondary N) is 2. The predicted molar refractivity (Wildman–Crippen MR) is 164 cm³/mol. The number of anilines is 2. The van der Waals surface area contributed by atoms with E-state index in [1.165, 1.54) is 36.0 Å². The summed E-state index contributed by atoms with van der Waals surface area (Å²) in [6.45, 7) is 6.01. The molecule has 2 aliphatic rings. The van der Waals surface area contributed by atoms with Crippen LogP contribution in [0.4, 0.5) is 29.3 Å². The molecule has 1 aliphatic carbocycles. The molecule has 6 N–H and O–H groups in total. The SMILES string of the molecule is CC(C)(C)OC(=O)NC[C@@H]1CCCN(c2c(NC(=O)c3csc(C(/C=C\N)=C/N)n3)ccc(OC3CCC3)c2C(F)(F)F)C1. The Morgan fingerprint density at radius 3 is 2.52 bits per heavy atom. The molecule has 1 atom stereocenters. The molecule has 1 saturated heterocycles. The van der Waals surface area contributed by atoms with Gasteiger partial charge in [0.15, 0.2) is 0 Å². The van der Waals surface area contributed by atoms with Crippen LogP contribution < -0.4 is 31.7 Å². The first-order valence-corrected chi connectivity index (χ1v) is 15.4. The van der Waals surface area contributed by atoms with E-state index in [0.717, 1.165) is 17.8 Å². The van der Waals surface area contributed by atoms with Crippen molar-refractivity contribution in [3.63, 3.8) is 0 Å². The molecule has 1 saturated carbocycles. The van der Waals surface area contributed by atoms with Crippen molar-refractivity contribution in [1.29, 1.82) is 0 Å². The fourth-order valence-electron chi connectivity index (χ4n) is 5.02. The number of piperidine rings is 1. The van der Waals surface area contributed by atoms with Crippen LogP contribution in [0.2, 0.25) is 0 Å². The molecule has 2 aromatic rings. The first kappa shape index (κ1) is 33.0. The standard InChI is InChI=1S/C30H39F3N6O4S/c1-29(2,3)43-28(41)36-15-18-6-5-13-39(16-18)25-21(9-10-23(24(25)30(31,32)33)42-20-7-4-8-20)37-26(40)22-17-44-27(38-22)19(14-35)11-12-34/h9-12,14,17-18,20H,4-8,13,15-16,34-35H2,1-3H3,(H,36,41)(H,37,40)/b12-11-,19-14+/t18-/m0/s1. The number of amides is 2. The van der Waals surface area contributed by atoms with Gasteiger partial charge in [-0.05, 0) is 83.2 Å². The molecule has 0 radical (unpaired) electrons. The summed E-state index contributed by atoms with van der Waals surface area (Å²) in [5, 5.41) is 7.32. The highest BCUT2D eigenvalue weighted by atomic mass is 32.1. The monoisotopic (exact) mass is 636 g/mol. The van der Waals surface area contributed by atoms with Gasteiger partial charge >= 0.3 is 12.3 Å². The van der Waals surface area contributed by atoms with Gasteiger partial charge in [-0.25, -0.2) is 9.78 Å². The molecule has 0 unspecified atom stereocenters. The fraction of sp³-hybridized carbons (Fsp3) is 0.500. The molecule has 0 spiro atoms. The van der Waals surface area contributed by atoms with Crippen LogP contribution in [0.25, 0.3) is 5.57 Å². The highest BCUT2D eigenvalue weighted by Crippen LogP contribution is 2.48. The number of ether oxygens (including phenoxy) is 2.